The predicted molar refractivity (Wildman–Crippen MR) is 102 cm³/mol. The molecular formula is C20H14Cl2N2O2. The van der Waals surface area contributed by atoms with Crippen molar-refractivity contribution in [2.24, 2.45) is 5.10 Å². The molecule has 0 fully saturated rings. The fraction of sp³-hybridized carbons (Fsp3) is 0.100. The molecule has 1 atom stereocenters. The zero-order chi connectivity index (χ0) is 18.1. The van der Waals surface area contributed by atoms with Gasteiger partial charge in [-0.1, -0.05) is 35.3 Å². The second-order valence-electron chi connectivity index (χ2n) is 5.95. The topological polar surface area (TPSA) is 45.8 Å². The van der Waals surface area contributed by atoms with Crippen molar-refractivity contribution in [3.05, 3.63) is 93.9 Å². The lowest BCUT2D eigenvalue weighted by molar-refractivity contribution is 0.0711. The third-order valence-corrected chi connectivity index (χ3v) is 4.77. The van der Waals surface area contributed by atoms with Crippen molar-refractivity contribution in [1.82, 2.24) is 5.01 Å². The van der Waals surface area contributed by atoms with Gasteiger partial charge in [-0.25, -0.2) is 5.01 Å². The van der Waals surface area contributed by atoms with Gasteiger partial charge in [-0.15, -0.1) is 0 Å². The van der Waals surface area contributed by atoms with Gasteiger partial charge in [-0.3, -0.25) is 4.79 Å². The Morgan fingerprint density at radius 2 is 1.65 bits per heavy atom. The molecule has 1 aromatic heterocycles. The summed E-state index contributed by atoms with van der Waals surface area (Å²) in [4.78, 5) is 13.0. The van der Waals surface area contributed by atoms with Gasteiger partial charge in [0.15, 0.2) is 0 Å². The van der Waals surface area contributed by atoms with Crippen molar-refractivity contribution in [2.75, 3.05) is 0 Å². The molecule has 0 saturated carbocycles. The Balaban J connectivity index is 1.71. The molecule has 130 valence electrons. The van der Waals surface area contributed by atoms with Crippen LogP contribution in [0.2, 0.25) is 10.0 Å². The summed E-state index contributed by atoms with van der Waals surface area (Å²) in [5.74, 6) is 0.471. The van der Waals surface area contributed by atoms with Gasteiger partial charge in [0.25, 0.3) is 5.91 Å². The second kappa shape index (κ2) is 6.98. The van der Waals surface area contributed by atoms with Crippen LogP contribution in [0.3, 0.4) is 0 Å². The Bertz CT molecular complexity index is 948. The Morgan fingerprint density at radius 3 is 2.27 bits per heavy atom. The number of carbonyl (C=O) groups excluding carboxylic acids is 1. The average Bonchev–Trinajstić information content (AvgIpc) is 3.32. The van der Waals surface area contributed by atoms with E-state index in [1.54, 1.807) is 36.6 Å². The fourth-order valence-corrected chi connectivity index (χ4v) is 3.21. The molecule has 2 aromatic carbocycles. The van der Waals surface area contributed by atoms with Crippen LogP contribution in [0.1, 0.15) is 34.1 Å². The minimum atomic E-state index is -0.226. The molecule has 1 unspecified atom stereocenters. The van der Waals surface area contributed by atoms with E-state index in [1.165, 1.54) is 5.01 Å². The fourth-order valence-electron chi connectivity index (χ4n) is 2.96. The van der Waals surface area contributed by atoms with Gasteiger partial charge in [0.1, 0.15) is 11.5 Å². The maximum absolute atomic E-state index is 13.0. The molecule has 1 amide bonds. The number of hydrazone groups is 1. The molecule has 0 radical (unpaired) electrons. The lowest BCUT2D eigenvalue weighted by atomic mass is 10.0. The molecule has 0 bridgehead atoms. The van der Waals surface area contributed by atoms with E-state index in [4.69, 9.17) is 27.6 Å². The Kier molecular flexibility index (Phi) is 4.53. The van der Waals surface area contributed by atoms with E-state index in [9.17, 15) is 4.79 Å². The highest BCUT2D eigenvalue weighted by molar-refractivity contribution is 6.30. The molecule has 4 nitrogen and oxygen atoms in total. The average molecular weight is 385 g/mol. The smallest absolute Gasteiger partial charge is 0.274 e. The largest absolute Gasteiger partial charge is 0.463 e. The van der Waals surface area contributed by atoms with Crippen LogP contribution in [-0.2, 0) is 0 Å². The van der Waals surface area contributed by atoms with Crippen LogP contribution in [0.4, 0.5) is 0 Å². The lowest BCUT2D eigenvalue weighted by Gasteiger charge is -2.22. The van der Waals surface area contributed by atoms with E-state index in [2.05, 4.69) is 5.10 Å². The number of nitrogens with zero attached hydrogens (tertiary/aromatic N) is 2. The van der Waals surface area contributed by atoms with Gasteiger partial charge >= 0.3 is 0 Å². The van der Waals surface area contributed by atoms with Crippen molar-refractivity contribution < 1.29 is 9.21 Å². The number of halogens is 2. The highest BCUT2D eigenvalue weighted by atomic mass is 35.5. The summed E-state index contributed by atoms with van der Waals surface area (Å²) < 4.78 is 5.46. The van der Waals surface area contributed by atoms with Gasteiger partial charge < -0.3 is 4.42 Å². The Hall–Kier alpha value is -2.56. The summed E-state index contributed by atoms with van der Waals surface area (Å²) in [6.07, 6.45) is 2.16. The van der Waals surface area contributed by atoms with Gasteiger partial charge in [-0.2, -0.15) is 5.10 Å². The van der Waals surface area contributed by atoms with Crippen molar-refractivity contribution in [3.63, 3.8) is 0 Å². The zero-order valence-corrected chi connectivity index (χ0v) is 15.1. The summed E-state index contributed by atoms with van der Waals surface area (Å²) in [5, 5.41) is 7.28. The molecule has 26 heavy (non-hydrogen) atoms. The molecule has 6 heteroatoms. The molecule has 1 aliphatic rings. The predicted octanol–water partition coefficient (Wildman–Crippen LogP) is 5.58. The SMILES string of the molecule is O=C(c1ccc(Cl)cc1)N1N=C(c2ccco2)CC1c1ccc(Cl)cc1. The number of benzene rings is 2. The van der Waals surface area contributed by atoms with E-state index >= 15 is 0 Å². The number of amides is 1. The third kappa shape index (κ3) is 3.26. The molecule has 4 rings (SSSR count). The van der Waals surface area contributed by atoms with Crippen LogP contribution in [0, 0.1) is 0 Å². The minimum absolute atomic E-state index is 0.192. The maximum atomic E-state index is 13.0. The number of rotatable bonds is 3. The zero-order valence-electron chi connectivity index (χ0n) is 13.6. The van der Waals surface area contributed by atoms with Gasteiger partial charge in [0, 0.05) is 22.0 Å². The van der Waals surface area contributed by atoms with Crippen molar-refractivity contribution in [1.29, 1.82) is 0 Å². The molecular weight excluding hydrogens is 371 g/mol. The van der Waals surface area contributed by atoms with Crippen LogP contribution in [-0.4, -0.2) is 16.6 Å². The normalized spacial score (nSPS) is 16.6. The highest BCUT2D eigenvalue weighted by Gasteiger charge is 2.34. The number of carbonyl (C=O) groups is 1. The Morgan fingerprint density at radius 1 is 1.00 bits per heavy atom. The number of hydrogen-bond acceptors (Lipinski definition) is 3. The van der Waals surface area contributed by atoms with Crippen molar-refractivity contribution in [3.8, 4) is 0 Å². The van der Waals surface area contributed by atoms with Crippen LogP contribution >= 0.6 is 23.2 Å². The second-order valence-corrected chi connectivity index (χ2v) is 6.82. The third-order valence-electron chi connectivity index (χ3n) is 4.27. The van der Waals surface area contributed by atoms with E-state index in [1.807, 2.05) is 30.3 Å². The molecule has 0 N–H and O–H groups in total. The van der Waals surface area contributed by atoms with Crippen LogP contribution in [0.15, 0.2) is 76.4 Å². The highest BCUT2D eigenvalue weighted by Crippen LogP contribution is 2.34. The van der Waals surface area contributed by atoms with Gasteiger partial charge in [0.2, 0.25) is 0 Å². The number of hydrogen-bond donors (Lipinski definition) is 0. The maximum Gasteiger partial charge on any atom is 0.274 e. The Labute approximate surface area is 160 Å². The first-order valence-electron chi connectivity index (χ1n) is 8.08. The van der Waals surface area contributed by atoms with E-state index < -0.39 is 0 Å². The monoisotopic (exact) mass is 384 g/mol. The first-order valence-corrected chi connectivity index (χ1v) is 8.83. The van der Waals surface area contributed by atoms with Gasteiger partial charge in [-0.05, 0) is 54.1 Å². The standard InChI is InChI=1S/C20H14Cl2N2O2/c21-15-7-3-13(4-8-15)18-12-17(19-2-1-11-26-19)23-24(18)20(25)14-5-9-16(22)10-6-14/h1-11,18H,12H2. The summed E-state index contributed by atoms with van der Waals surface area (Å²) in [7, 11) is 0. The van der Waals surface area contributed by atoms with E-state index in [0.717, 1.165) is 11.3 Å². The quantitative estimate of drug-likeness (QED) is 0.591. The van der Waals surface area contributed by atoms with Crippen LogP contribution in [0.25, 0.3) is 0 Å². The van der Waals surface area contributed by atoms with Crippen molar-refractivity contribution in [2.45, 2.75) is 12.5 Å². The van der Waals surface area contributed by atoms with Crippen molar-refractivity contribution >= 4 is 34.8 Å². The molecule has 2 heterocycles. The first kappa shape index (κ1) is 16.9. The molecule has 0 saturated heterocycles. The van der Waals surface area contributed by atoms with E-state index in [-0.39, 0.29) is 11.9 Å². The van der Waals surface area contributed by atoms with Crippen LogP contribution < -0.4 is 0 Å². The summed E-state index contributed by atoms with van der Waals surface area (Å²) >= 11 is 11.9. The summed E-state index contributed by atoms with van der Waals surface area (Å²) in [5.41, 5.74) is 2.22. The van der Waals surface area contributed by atoms with Crippen LogP contribution in [0.5, 0.6) is 0 Å². The summed E-state index contributed by atoms with van der Waals surface area (Å²) in [6.45, 7) is 0. The molecule has 3 aromatic rings. The minimum Gasteiger partial charge on any atom is -0.463 e. The molecule has 1 aliphatic heterocycles. The van der Waals surface area contributed by atoms with E-state index in [0.29, 0.717) is 27.8 Å². The van der Waals surface area contributed by atoms with Gasteiger partial charge in [0.05, 0.1) is 12.3 Å². The lowest BCUT2D eigenvalue weighted by Crippen LogP contribution is -2.27. The first-order chi connectivity index (χ1) is 12.6. The molecule has 0 spiro atoms. The molecule has 0 aliphatic carbocycles. The summed E-state index contributed by atoms with van der Waals surface area (Å²) in [6, 6.07) is 17.7. The number of furan rings is 1.